The predicted octanol–water partition coefficient (Wildman–Crippen LogP) is 6.20. The van der Waals surface area contributed by atoms with Crippen LogP contribution in [0.1, 0.15) is 80.6 Å². The molecule has 5 rings (SSSR count). The summed E-state index contributed by atoms with van der Waals surface area (Å²) < 4.78 is 26.1. The second kappa shape index (κ2) is 14.2. The highest BCUT2D eigenvalue weighted by Crippen LogP contribution is 2.47. The minimum absolute atomic E-state index is 0.0423. The lowest BCUT2D eigenvalue weighted by atomic mass is 9.71. The maximum atomic E-state index is 14.2. The second-order valence-corrected chi connectivity index (χ2v) is 14.4. The van der Waals surface area contributed by atoms with Gasteiger partial charge in [0.25, 0.3) is 0 Å². The van der Waals surface area contributed by atoms with E-state index in [0.29, 0.717) is 42.7 Å². The van der Waals surface area contributed by atoms with Gasteiger partial charge in [-0.05, 0) is 62.2 Å². The zero-order chi connectivity index (χ0) is 34.1. The van der Waals surface area contributed by atoms with Crippen LogP contribution in [0.5, 0.6) is 0 Å². The van der Waals surface area contributed by atoms with Crippen LogP contribution in [0.2, 0.25) is 0 Å². The molecule has 0 unspecified atom stereocenters. The number of fused-ring (bicyclic) bond motifs is 2. The van der Waals surface area contributed by atoms with Gasteiger partial charge in [-0.3, -0.25) is 4.79 Å². The van der Waals surface area contributed by atoms with Crippen molar-refractivity contribution in [3.8, 4) is 0 Å². The van der Waals surface area contributed by atoms with Gasteiger partial charge < -0.3 is 34.1 Å². The zero-order valence-corrected chi connectivity index (χ0v) is 29.1. The number of nitrogens with zero attached hydrogens (tertiary/aromatic N) is 2. The zero-order valence-electron chi connectivity index (χ0n) is 29.1. The van der Waals surface area contributed by atoms with Crippen molar-refractivity contribution in [2.75, 3.05) is 13.7 Å². The van der Waals surface area contributed by atoms with Gasteiger partial charge in [0.1, 0.15) is 36.5 Å². The quantitative estimate of drug-likeness (QED) is 0.160. The SMILES string of the molecule is CO/N=C1\C[C@]2(C[C@@H]3C[C@@H](C/C=C(/C)C[C@@H](C)/C=C\C=C4CO[C@@H]5/C(=N\O)C(C)=C[C@@H](C(=O)O3)[C@]45O)O2)O[C@H](/C(C)=C/C(C)C)[C@H]1C. The average molecular weight is 653 g/mol. The standard InChI is InChI=1S/C37H52N2O8/c1-21(2)14-25(6)33-26(7)31(39-43-8)19-36(47-33)18-29-17-28(46-36)13-12-23(4)15-22(3)10-9-11-27-20-44-34-32(38-42)24(5)16-30(35(40)45-29)37(27,34)41/h9-12,14,16,21-22,26,28-30,33-34,41-42H,13,15,17-20H2,1-8H3/b10-9-,23-12-,25-14+,27-11?,38-32-,39-31+/t22-,26-,28+,29-,30-,33+,34+,36-,37+/m0/s1. The molecule has 258 valence electrons. The molecule has 2 N–H and O–H groups in total. The number of esters is 1. The molecular weight excluding hydrogens is 600 g/mol. The molecular formula is C37H52N2O8. The molecule has 10 heteroatoms. The third-order valence-corrected chi connectivity index (χ3v) is 10.1. The molecule has 0 aromatic heterocycles. The molecule has 4 heterocycles. The van der Waals surface area contributed by atoms with Gasteiger partial charge in [0.15, 0.2) is 5.79 Å². The molecule has 9 atom stereocenters. The van der Waals surface area contributed by atoms with Crippen LogP contribution in [0, 0.1) is 23.7 Å². The largest absolute Gasteiger partial charge is 0.462 e. The Morgan fingerprint density at radius 1 is 1.19 bits per heavy atom. The van der Waals surface area contributed by atoms with Gasteiger partial charge in [-0.25, -0.2) is 0 Å². The molecule has 0 saturated carbocycles. The van der Waals surface area contributed by atoms with E-state index in [2.05, 4.69) is 70.1 Å². The number of rotatable bonds is 3. The summed E-state index contributed by atoms with van der Waals surface area (Å²) in [6.45, 7) is 14.5. The van der Waals surface area contributed by atoms with E-state index >= 15 is 0 Å². The second-order valence-electron chi connectivity index (χ2n) is 14.4. The number of hydrogen-bond donors (Lipinski definition) is 2. The van der Waals surface area contributed by atoms with Crippen LogP contribution in [0.4, 0.5) is 0 Å². The van der Waals surface area contributed by atoms with Crippen molar-refractivity contribution in [1.29, 1.82) is 0 Å². The van der Waals surface area contributed by atoms with Crippen molar-refractivity contribution < 1.29 is 38.9 Å². The number of carbonyl (C=O) groups is 1. The van der Waals surface area contributed by atoms with E-state index in [1.54, 1.807) is 20.1 Å². The topological polar surface area (TPSA) is 128 Å². The summed E-state index contributed by atoms with van der Waals surface area (Å²) in [6.07, 6.45) is 12.3. The molecule has 47 heavy (non-hydrogen) atoms. The van der Waals surface area contributed by atoms with Gasteiger partial charge in [0, 0.05) is 25.2 Å². The van der Waals surface area contributed by atoms with Crippen molar-refractivity contribution in [2.24, 2.45) is 34.0 Å². The summed E-state index contributed by atoms with van der Waals surface area (Å²) in [5.74, 6) is -2.25. The Bertz CT molecular complexity index is 1420. The Morgan fingerprint density at radius 3 is 2.66 bits per heavy atom. The fourth-order valence-electron chi connectivity index (χ4n) is 7.93. The minimum Gasteiger partial charge on any atom is -0.462 e. The van der Waals surface area contributed by atoms with Crippen molar-refractivity contribution in [3.63, 3.8) is 0 Å². The Labute approximate surface area is 278 Å². The fraction of sp³-hybridized carbons (Fsp3) is 0.649. The monoisotopic (exact) mass is 652 g/mol. The van der Waals surface area contributed by atoms with Crippen LogP contribution in [-0.4, -0.2) is 77.2 Å². The van der Waals surface area contributed by atoms with Crippen LogP contribution in [-0.2, 0) is 28.6 Å². The molecule has 0 aromatic rings. The maximum Gasteiger partial charge on any atom is 0.316 e. The smallest absolute Gasteiger partial charge is 0.316 e. The maximum absolute atomic E-state index is 14.2. The lowest BCUT2D eigenvalue weighted by Crippen LogP contribution is -2.58. The first-order valence-corrected chi connectivity index (χ1v) is 16.9. The molecule has 0 radical (unpaired) electrons. The van der Waals surface area contributed by atoms with Gasteiger partial charge in [-0.2, -0.15) is 0 Å². The number of aliphatic hydroxyl groups is 1. The third-order valence-electron chi connectivity index (χ3n) is 10.1. The van der Waals surface area contributed by atoms with Crippen molar-refractivity contribution >= 4 is 17.4 Å². The molecule has 10 nitrogen and oxygen atoms in total. The van der Waals surface area contributed by atoms with Crippen LogP contribution >= 0.6 is 0 Å². The van der Waals surface area contributed by atoms with Crippen molar-refractivity contribution in [2.45, 2.75) is 116 Å². The van der Waals surface area contributed by atoms with Crippen LogP contribution < -0.4 is 0 Å². The highest BCUT2D eigenvalue weighted by molar-refractivity contribution is 6.07. The lowest BCUT2D eigenvalue weighted by molar-refractivity contribution is -0.313. The third kappa shape index (κ3) is 7.21. The molecule has 2 bridgehead atoms. The Hall–Kier alpha value is -3.05. The van der Waals surface area contributed by atoms with Gasteiger partial charge in [0.2, 0.25) is 0 Å². The van der Waals surface area contributed by atoms with Gasteiger partial charge in [0.05, 0.1) is 24.5 Å². The van der Waals surface area contributed by atoms with E-state index in [4.69, 9.17) is 23.8 Å². The molecule has 5 aliphatic rings. The van der Waals surface area contributed by atoms with Gasteiger partial charge >= 0.3 is 5.97 Å². The molecule has 3 saturated heterocycles. The summed E-state index contributed by atoms with van der Waals surface area (Å²) >= 11 is 0. The van der Waals surface area contributed by atoms with Crippen molar-refractivity contribution in [3.05, 3.63) is 58.7 Å². The molecule has 1 spiro atoms. The lowest BCUT2D eigenvalue weighted by Gasteiger charge is -2.50. The Balaban J connectivity index is 1.57. The highest BCUT2D eigenvalue weighted by Gasteiger charge is 2.60. The number of ether oxygens (including phenoxy) is 4. The fourth-order valence-corrected chi connectivity index (χ4v) is 7.93. The van der Waals surface area contributed by atoms with Crippen LogP contribution in [0.15, 0.2) is 69.1 Å². The predicted molar refractivity (Wildman–Crippen MR) is 179 cm³/mol. The van der Waals surface area contributed by atoms with E-state index in [9.17, 15) is 15.1 Å². The molecule has 0 aromatic carbocycles. The van der Waals surface area contributed by atoms with Gasteiger partial charge in [-0.15, -0.1) is 0 Å². The first-order chi connectivity index (χ1) is 22.3. The minimum atomic E-state index is -1.78. The Kier molecular flexibility index (Phi) is 10.7. The normalized spacial score (nSPS) is 42.0. The van der Waals surface area contributed by atoms with E-state index in [-0.39, 0.29) is 36.4 Å². The summed E-state index contributed by atoms with van der Waals surface area (Å²) in [5.41, 5.74) is 2.64. The van der Waals surface area contributed by atoms with Gasteiger partial charge in [-0.1, -0.05) is 80.0 Å². The first kappa shape index (κ1) is 35.3. The van der Waals surface area contributed by atoms with Crippen LogP contribution in [0.25, 0.3) is 0 Å². The van der Waals surface area contributed by atoms with E-state index in [0.717, 1.165) is 17.7 Å². The summed E-state index contributed by atoms with van der Waals surface area (Å²) in [7, 11) is 1.54. The number of allylic oxidation sites excluding steroid dienone is 5. The van der Waals surface area contributed by atoms with E-state index < -0.39 is 35.5 Å². The first-order valence-electron chi connectivity index (χ1n) is 16.9. The summed E-state index contributed by atoms with van der Waals surface area (Å²) in [6, 6.07) is 0. The number of carbonyl (C=O) groups excluding carboxylic acids is 1. The molecule has 3 fully saturated rings. The average Bonchev–Trinajstić information content (AvgIpc) is 3.33. The number of hydrogen-bond acceptors (Lipinski definition) is 10. The van der Waals surface area contributed by atoms with Crippen molar-refractivity contribution in [1.82, 2.24) is 0 Å². The molecule has 4 aliphatic heterocycles. The summed E-state index contributed by atoms with van der Waals surface area (Å²) in [5, 5.41) is 30.0. The summed E-state index contributed by atoms with van der Waals surface area (Å²) in [4.78, 5) is 19.5. The Morgan fingerprint density at radius 2 is 1.96 bits per heavy atom. The molecule has 0 amide bonds. The number of oxime groups is 2. The van der Waals surface area contributed by atoms with E-state index in [1.165, 1.54) is 5.57 Å². The molecule has 1 aliphatic carbocycles. The highest BCUT2D eigenvalue weighted by atomic mass is 16.7. The van der Waals surface area contributed by atoms with Crippen LogP contribution in [0.3, 0.4) is 0 Å². The van der Waals surface area contributed by atoms with E-state index in [1.807, 2.05) is 12.2 Å².